The van der Waals surface area contributed by atoms with Crippen LogP contribution in [-0.4, -0.2) is 69.8 Å². The summed E-state index contributed by atoms with van der Waals surface area (Å²) in [6, 6.07) is 9.86. The Bertz CT molecular complexity index is 871. The number of rotatable bonds is 12. The molecule has 1 fully saturated rings. The van der Waals surface area contributed by atoms with E-state index in [9.17, 15) is 5.11 Å². The van der Waals surface area contributed by atoms with Crippen molar-refractivity contribution in [3.63, 3.8) is 0 Å². The van der Waals surface area contributed by atoms with Gasteiger partial charge in [0, 0.05) is 26.2 Å². The van der Waals surface area contributed by atoms with Crippen LogP contribution >= 0.6 is 0 Å². The molecule has 7 nitrogen and oxygen atoms in total. The molecule has 7 heteroatoms. The van der Waals surface area contributed by atoms with Crippen LogP contribution in [0.3, 0.4) is 0 Å². The average Bonchev–Trinajstić information content (AvgIpc) is 3.32. The number of aryl methyl sites for hydroxylation is 1. The van der Waals surface area contributed by atoms with E-state index in [2.05, 4.69) is 17.9 Å². The summed E-state index contributed by atoms with van der Waals surface area (Å²) in [6.45, 7) is 6.91. The predicted molar refractivity (Wildman–Crippen MR) is 128 cm³/mol. The van der Waals surface area contributed by atoms with Gasteiger partial charge in [0.05, 0.1) is 27.4 Å². The van der Waals surface area contributed by atoms with Gasteiger partial charge in [-0.1, -0.05) is 12.1 Å². The first-order valence-electron chi connectivity index (χ1n) is 11.4. The van der Waals surface area contributed by atoms with Gasteiger partial charge in [0.25, 0.3) is 0 Å². The zero-order valence-corrected chi connectivity index (χ0v) is 20.4. The normalized spacial score (nSPS) is 16.6. The number of hydrogen-bond acceptors (Lipinski definition) is 7. The van der Waals surface area contributed by atoms with Crippen LogP contribution in [-0.2, 0) is 11.3 Å². The van der Waals surface area contributed by atoms with Crippen molar-refractivity contribution in [3.8, 4) is 23.0 Å². The van der Waals surface area contributed by atoms with E-state index in [4.69, 9.17) is 23.7 Å². The Morgan fingerprint density at radius 3 is 2.39 bits per heavy atom. The Labute approximate surface area is 197 Å². The Kier molecular flexibility index (Phi) is 9.23. The van der Waals surface area contributed by atoms with Crippen molar-refractivity contribution in [1.82, 2.24) is 4.90 Å². The van der Waals surface area contributed by atoms with Crippen LogP contribution in [0.2, 0.25) is 0 Å². The number of benzene rings is 2. The SMILES string of the molecule is COc1cc(CN(CC(O)COc2cccc(C)c2C)CC2CCCO2)cc(OC)c1OC. The number of aliphatic hydroxyl groups is 1. The molecule has 0 spiro atoms. The molecule has 3 rings (SSSR count). The molecule has 2 unspecified atom stereocenters. The standard InChI is InChI=1S/C26H37NO6/c1-18-8-6-10-23(19(18)2)33-17-21(28)15-27(16-22-9-7-11-32-22)14-20-12-24(29-3)26(31-5)25(13-20)30-4/h6,8,10,12-13,21-22,28H,7,9,11,14-17H2,1-5H3. The third kappa shape index (κ3) is 6.76. The summed E-state index contributed by atoms with van der Waals surface area (Å²) in [4.78, 5) is 2.20. The minimum Gasteiger partial charge on any atom is -0.493 e. The Morgan fingerprint density at radius 1 is 1.06 bits per heavy atom. The summed E-state index contributed by atoms with van der Waals surface area (Å²) < 4.78 is 28.3. The maximum Gasteiger partial charge on any atom is 0.203 e. The molecule has 1 aliphatic heterocycles. The summed E-state index contributed by atoms with van der Waals surface area (Å²) in [7, 11) is 4.81. The highest BCUT2D eigenvalue weighted by molar-refractivity contribution is 5.53. The lowest BCUT2D eigenvalue weighted by Crippen LogP contribution is -2.39. The lowest BCUT2D eigenvalue weighted by molar-refractivity contribution is 0.0312. The van der Waals surface area contributed by atoms with Crippen molar-refractivity contribution < 1.29 is 28.8 Å². The fourth-order valence-electron chi connectivity index (χ4n) is 4.18. The molecule has 0 radical (unpaired) electrons. The van der Waals surface area contributed by atoms with Gasteiger partial charge in [-0.05, 0) is 61.6 Å². The second-order valence-corrected chi connectivity index (χ2v) is 8.53. The molecule has 182 valence electrons. The molecule has 33 heavy (non-hydrogen) atoms. The smallest absolute Gasteiger partial charge is 0.203 e. The monoisotopic (exact) mass is 459 g/mol. The van der Waals surface area contributed by atoms with E-state index in [1.807, 2.05) is 31.2 Å². The van der Waals surface area contributed by atoms with Crippen molar-refractivity contribution >= 4 is 0 Å². The maximum absolute atomic E-state index is 10.8. The molecule has 2 aromatic carbocycles. The van der Waals surface area contributed by atoms with Gasteiger partial charge in [-0.25, -0.2) is 0 Å². The van der Waals surface area contributed by atoms with Gasteiger partial charge in [-0.15, -0.1) is 0 Å². The third-order valence-corrected chi connectivity index (χ3v) is 6.07. The van der Waals surface area contributed by atoms with Crippen LogP contribution in [0.4, 0.5) is 0 Å². The molecular weight excluding hydrogens is 422 g/mol. The quantitative estimate of drug-likeness (QED) is 0.518. The molecular formula is C26H37NO6. The van der Waals surface area contributed by atoms with E-state index < -0.39 is 6.10 Å². The number of nitrogens with zero attached hydrogens (tertiary/aromatic N) is 1. The van der Waals surface area contributed by atoms with E-state index in [0.717, 1.165) is 42.9 Å². The number of aliphatic hydroxyl groups excluding tert-OH is 1. The van der Waals surface area contributed by atoms with Crippen LogP contribution in [0.25, 0.3) is 0 Å². The summed E-state index contributed by atoms with van der Waals surface area (Å²) in [5.41, 5.74) is 3.27. The van der Waals surface area contributed by atoms with Crippen LogP contribution in [0.15, 0.2) is 30.3 Å². The molecule has 1 heterocycles. The summed E-state index contributed by atoms with van der Waals surface area (Å²) in [5, 5.41) is 10.8. The Balaban J connectivity index is 1.71. The fourth-order valence-corrected chi connectivity index (χ4v) is 4.18. The lowest BCUT2D eigenvalue weighted by Gasteiger charge is -2.28. The van der Waals surface area contributed by atoms with Crippen molar-refractivity contribution in [2.45, 2.75) is 45.4 Å². The predicted octanol–water partition coefficient (Wildman–Crippen LogP) is 3.75. The Morgan fingerprint density at radius 2 is 1.79 bits per heavy atom. The largest absolute Gasteiger partial charge is 0.493 e. The molecule has 0 saturated carbocycles. The third-order valence-electron chi connectivity index (χ3n) is 6.07. The first kappa shape index (κ1) is 25.1. The first-order valence-corrected chi connectivity index (χ1v) is 11.4. The van der Waals surface area contributed by atoms with E-state index in [1.165, 1.54) is 5.56 Å². The van der Waals surface area contributed by atoms with Crippen molar-refractivity contribution in [3.05, 3.63) is 47.0 Å². The zero-order chi connectivity index (χ0) is 23.8. The molecule has 1 N–H and O–H groups in total. The molecule has 2 atom stereocenters. The number of hydrogen-bond donors (Lipinski definition) is 1. The lowest BCUT2D eigenvalue weighted by atomic mass is 10.1. The molecule has 1 saturated heterocycles. The van der Waals surface area contributed by atoms with Gasteiger partial charge in [-0.3, -0.25) is 4.90 Å². The molecule has 0 aliphatic carbocycles. The summed E-state index contributed by atoms with van der Waals surface area (Å²) in [5.74, 6) is 2.60. The van der Waals surface area contributed by atoms with Crippen molar-refractivity contribution in [1.29, 1.82) is 0 Å². The van der Waals surface area contributed by atoms with E-state index in [-0.39, 0.29) is 12.7 Å². The molecule has 1 aliphatic rings. The molecule has 0 amide bonds. The van der Waals surface area contributed by atoms with Gasteiger partial charge >= 0.3 is 0 Å². The summed E-state index contributed by atoms with van der Waals surface area (Å²) >= 11 is 0. The van der Waals surface area contributed by atoms with E-state index >= 15 is 0 Å². The van der Waals surface area contributed by atoms with Crippen LogP contribution in [0.5, 0.6) is 23.0 Å². The van der Waals surface area contributed by atoms with Crippen molar-refractivity contribution in [2.75, 3.05) is 47.6 Å². The molecule has 2 aromatic rings. The second kappa shape index (κ2) is 12.1. The minimum atomic E-state index is -0.645. The van der Waals surface area contributed by atoms with Crippen LogP contribution in [0, 0.1) is 13.8 Å². The second-order valence-electron chi connectivity index (χ2n) is 8.53. The molecule has 0 aromatic heterocycles. The van der Waals surface area contributed by atoms with Crippen LogP contribution in [0.1, 0.15) is 29.5 Å². The van der Waals surface area contributed by atoms with Gasteiger partial charge in [0.1, 0.15) is 18.5 Å². The van der Waals surface area contributed by atoms with Gasteiger partial charge in [0.15, 0.2) is 11.5 Å². The van der Waals surface area contributed by atoms with E-state index in [0.29, 0.717) is 30.3 Å². The average molecular weight is 460 g/mol. The Hall–Kier alpha value is -2.48. The maximum atomic E-state index is 10.8. The zero-order valence-electron chi connectivity index (χ0n) is 20.4. The first-order chi connectivity index (χ1) is 15.9. The highest BCUT2D eigenvalue weighted by atomic mass is 16.5. The highest BCUT2D eigenvalue weighted by Crippen LogP contribution is 2.38. The molecule has 0 bridgehead atoms. The van der Waals surface area contributed by atoms with Gasteiger partial charge in [-0.2, -0.15) is 0 Å². The number of ether oxygens (including phenoxy) is 5. The van der Waals surface area contributed by atoms with E-state index in [1.54, 1.807) is 21.3 Å². The van der Waals surface area contributed by atoms with Gasteiger partial charge in [0.2, 0.25) is 5.75 Å². The minimum absolute atomic E-state index is 0.166. The highest BCUT2D eigenvalue weighted by Gasteiger charge is 2.23. The topological polar surface area (TPSA) is 69.6 Å². The van der Waals surface area contributed by atoms with Crippen LogP contribution < -0.4 is 18.9 Å². The summed E-state index contributed by atoms with van der Waals surface area (Å²) in [6.07, 6.45) is 1.62. The number of methoxy groups -OCH3 is 3. The fraction of sp³-hybridized carbons (Fsp3) is 0.538. The van der Waals surface area contributed by atoms with Gasteiger partial charge < -0.3 is 28.8 Å². The van der Waals surface area contributed by atoms with Crippen molar-refractivity contribution in [2.24, 2.45) is 0 Å².